The maximum absolute atomic E-state index is 14.2. The Bertz CT molecular complexity index is 1160. The summed E-state index contributed by atoms with van der Waals surface area (Å²) in [7, 11) is 1.77. The molecule has 0 radical (unpaired) electrons. The zero-order valence-electron chi connectivity index (χ0n) is 16.9. The lowest BCUT2D eigenvalue weighted by molar-refractivity contribution is 0.0935. The molecule has 0 saturated carbocycles. The average Bonchev–Trinajstić information content (AvgIpc) is 2.79. The summed E-state index contributed by atoms with van der Waals surface area (Å²) >= 11 is 0. The van der Waals surface area contributed by atoms with Gasteiger partial charge < -0.3 is 15.5 Å². The minimum atomic E-state index is -0.471. The molecule has 1 aromatic heterocycles. The zero-order valence-corrected chi connectivity index (χ0v) is 16.9. The molecule has 0 bridgehead atoms. The molecule has 4 rings (SSSR count). The monoisotopic (exact) mass is 416 g/mol. The first-order chi connectivity index (χ1) is 15.1. The van der Waals surface area contributed by atoms with E-state index in [1.165, 1.54) is 17.2 Å². The van der Waals surface area contributed by atoms with Crippen LogP contribution in [0, 0.1) is 11.2 Å². The first-order valence-electron chi connectivity index (χ1n) is 9.76. The number of amides is 1. The fourth-order valence-corrected chi connectivity index (χ4v) is 3.45. The van der Waals surface area contributed by atoms with Crippen molar-refractivity contribution >= 4 is 23.4 Å². The number of nitrogens with one attached hydrogen (secondary N) is 2. The molecule has 0 fully saturated rings. The van der Waals surface area contributed by atoms with Gasteiger partial charge in [0.2, 0.25) is 0 Å². The SMILES string of the molecule is CN/C=C(\C=N)c1ccc(Cc2ccc3c(c2)C(=O)N(c2ccccc2F)CO3)cn1. The Balaban J connectivity index is 1.56. The van der Waals surface area contributed by atoms with Crippen molar-refractivity contribution in [1.82, 2.24) is 10.3 Å². The van der Waals surface area contributed by atoms with Crippen LogP contribution in [-0.2, 0) is 6.42 Å². The number of aromatic nitrogens is 1. The third-order valence-corrected chi connectivity index (χ3v) is 5.00. The largest absolute Gasteiger partial charge is 0.472 e. The van der Waals surface area contributed by atoms with Gasteiger partial charge in [0, 0.05) is 31.2 Å². The quantitative estimate of drug-likeness (QED) is 0.595. The van der Waals surface area contributed by atoms with Crippen LogP contribution in [0.1, 0.15) is 27.2 Å². The molecular formula is C24H21FN4O2. The highest BCUT2D eigenvalue weighted by atomic mass is 19.1. The average molecular weight is 416 g/mol. The predicted octanol–water partition coefficient (Wildman–Crippen LogP) is 4.02. The summed E-state index contributed by atoms with van der Waals surface area (Å²) in [5, 5.41) is 10.4. The molecule has 2 heterocycles. The Kier molecular flexibility index (Phi) is 5.75. The third kappa shape index (κ3) is 4.16. The number of nitrogens with zero attached hydrogens (tertiary/aromatic N) is 2. The van der Waals surface area contributed by atoms with Crippen molar-refractivity contribution in [2.45, 2.75) is 6.42 Å². The molecule has 1 amide bonds. The molecule has 0 spiro atoms. The zero-order chi connectivity index (χ0) is 21.8. The van der Waals surface area contributed by atoms with Crippen LogP contribution in [0.25, 0.3) is 5.57 Å². The van der Waals surface area contributed by atoms with Gasteiger partial charge >= 0.3 is 0 Å². The van der Waals surface area contributed by atoms with Crippen LogP contribution in [0.5, 0.6) is 5.75 Å². The van der Waals surface area contributed by atoms with Crippen LogP contribution in [0.3, 0.4) is 0 Å². The summed E-state index contributed by atoms with van der Waals surface area (Å²) in [5.74, 6) is -0.279. The number of ether oxygens (including phenoxy) is 1. The Morgan fingerprint density at radius 1 is 1.23 bits per heavy atom. The van der Waals surface area contributed by atoms with E-state index in [1.54, 1.807) is 49.8 Å². The molecule has 0 aliphatic carbocycles. The van der Waals surface area contributed by atoms with E-state index in [9.17, 15) is 9.18 Å². The number of hydrogen-bond acceptors (Lipinski definition) is 5. The van der Waals surface area contributed by atoms with Gasteiger partial charge in [0.1, 0.15) is 11.6 Å². The van der Waals surface area contributed by atoms with Crippen molar-refractivity contribution < 1.29 is 13.9 Å². The molecule has 1 aliphatic rings. The highest BCUT2D eigenvalue weighted by Gasteiger charge is 2.28. The third-order valence-electron chi connectivity index (χ3n) is 5.00. The number of para-hydroxylation sites is 1. The van der Waals surface area contributed by atoms with Crippen molar-refractivity contribution in [2.75, 3.05) is 18.7 Å². The second-order valence-corrected chi connectivity index (χ2v) is 7.05. The second kappa shape index (κ2) is 8.79. The molecular weight excluding hydrogens is 395 g/mol. The van der Waals surface area contributed by atoms with Gasteiger partial charge in [0.25, 0.3) is 5.91 Å². The highest BCUT2D eigenvalue weighted by Crippen LogP contribution is 2.31. The summed E-state index contributed by atoms with van der Waals surface area (Å²) in [5.41, 5.74) is 3.85. The van der Waals surface area contributed by atoms with Gasteiger partial charge in [0.15, 0.2) is 6.73 Å². The molecule has 0 atom stereocenters. The van der Waals surface area contributed by atoms with Crippen LogP contribution in [0.4, 0.5) is 10.1 Å². The standard InChI is InChI=1S/C24H21FN4O2/c1-27-14-18(12-26)21-8-6-17(13-28-21)10-16-7-9-23-19(11-16)24(30)29(15-31-23)22-5-3-2-4-20(22)25/h2-9,11-14,26-27H,10,15H2,1H3/b18-14+,26-12?. The first kappa shape index (κ1) is 20.3. The van der Waals surface area contributed by atoms with Gasteiger partial charge in [-0.25, -0.2) is 4.39 Å². The first-order valence-corrected chi connectivity index (χ1v) is 9.76. The van der Waals surface area contributed by atoms with Crippen LogP contribution in [-0.4, -0.2) is 30.9 Å². The van der Waals surface area contributed by atoms with E-state index in [0.717, 1.165) is 11.1 Å². The number of halogens is 1. The van der Waals surface area contributed by atoms with Gasteiger partial charge in [-0.2, -0.15) is 0 Å². The molecule has 2 N–H and O–H groups in total. The Labute approximate surface area is 179 Å². The van der Waals surface area contributed by atoms with Crippen molar-refractivity contribution in [1.29, 1.82) is 5.41 Å². The molecule has 156 valence electrons. The van der Waals surface area contributed by atoms with Crippen LogP contribution < -0.4 is 15.0 Å². The van der Waals surface area contributed by atoms with E-state index in [0.29, 0.717) is 29.0 Å². The number of anilines is 1. The van der Waals surface area contributed by atoms with Crippen LogP contribution in [0.2, 0.25) is 0 Å². The van der Waals surface area contributed by atoms with Crippen molar-refractivity contribution in [3.8, 4) is 5.75 Å². The fraction of sp³-hybridized carbons (Fsp3) is 0.125. The van der Waals surface area contributed by atoms with Gasteiger partial charge in [-0.1, -0.05) is 24.3 Å². The van der Waals surface area contributed by atoms with Gasteiger partial charge in [-0.3, -0.25) is 14.7 Å². The molecule has 0 unspecified atom stereocenters. The summed E-state index contributed by atoms with van der Waals surface area (Å²) in [6.07, 6.45) is 5.29. The number of carbonyl (C=O) groups excluding carboxylic acids is 1. The smallest absolute Gasteiger partial charge is 0.264 e. The summed E-state index contributed by atoms with van der Waals surface area (Å²) < 4.78 is 19.9. The number of benzene rings is 2. The fourth-order valence-electron chi connectivity index (χ4n) is 3.45. The lowest BCUT2D eigenvalue weighted by Crippen LogP contribution is -2.39. The molecule has 6 nitrogen and oxygen atoms in total. The maximum Gasteiger partial charge on any atom is 0.264 e. The van der Waals surface area contributed by atoms with Crippen molar-refractivity contribution in [3.05, 3.63) is 95.2 Å². The molecule has 7 heteroatoms. The number of carbonyl (C=O) groups is 1. The summed E-state index contributed by atoms with van der Waals surface area (Å²) in [6, 6.07) is 15.4. The minimum Gasteiger partial charge on any atom is -0.472 e. The number of rotatable bonds is 6. The van der Waals surface area contributed by atoms with Crippen molar-refractivity contribution in [2.24, 2.45) is 0 Å². The second-order valence-electron chi connectivity index (χ2n) is 7.05. The minimum absolute atomic E-state index is 0.0347. The molecule has 3 aromatic rings. The number of hydrogen-bond donors (Lipinski definition) is 2. The Morgan fingerprint density at radius 3 is 2.74 bits per heavy atom. The molecule has 0 saturated heterocycles. The highest BCUT2D eigenvalue weighted by molar-refractivity contribution is 6.09. The summed E-state index contributed by atoms with van der Waals surface area (Å²) in [4.78, 5) is 18.7. The van der Waals surface area contributed by atoms with Gasteiger partial charge in [0.05, 0.1) is 16.9 Å². The molecule has 2 aromatic carbocycles. The number of fused-ring (bicyclic) bond motifs is 1. The number of pyridine rings is 1. The van der Waals surface area contributed by atoms with E-state index in [1.807, 2.05) is 18.2 Å². The lowest BCUT2D eigenvalue weighted by atomic mass is 10.0. The Morgan fingerprint density at radius 2 is 2.03 bits per heavy atom. The molecule has 1 aliphatic heterocycles. The van der Waals surface area contributed by atoms with Gasteiger partial charge in [-0.05, 0) is 47.9 Å². The van der Waals surface area contributed by atoms with E-state index in [-0.39, 0.29) is 18.3 Å². The molecule has 31 heavy (non-hydrogen) atoms. The normalized spacial score (nSPS) is 13.4. The topological polar surface area (TPSA) is 78.3 Å². The maximum atomic E-state index is 14.2. The van der Waals surface area contributed by atoms with E-state index >= 15 is 0 Å². The Hall–Kier alpha value is -4.00. The van der Waals surface area contributed by atoms with Crippen LogP contribution >= 0.6 is 0 Å². The van der Waals surface area contributed by atoms with E-state index in [2.05, 4.69) is 10.3 Å². The van der Waals surface area contributed by atoms with Crippen LogP contribution in [0.15, 0.2) is 67.0 Å². The van der Waals surface area contributed by atoms with Gasteiger partial charge in [-0.15, -0.1) is 0 Å². The lowest BCUT2D eigenvalue weighted by Gasteiger charge is -2.29. The van der Waals surface area contributed by atoms with E-state index in [4.69, 9.17) is 10.1 Å². The van der Waals surface area contributed by atoms with Crippen molar-refractivity contribution in [3.63, 3.8) is 0 Å². The number of allylic oxidation sites excluding steroid dienone is 1. The summed E-state index contributed by atoms with van der Waals surface area (Å²) in [6.45, 7) is -0.0347. The van der Waals surface area contributed by atoms with E-state index < -0.39 is 5.82 Å². The predicted molar refractivity (Wildman–Crippen MR) is 118 cm³/mol.